The van der Waals surface area contributed by atoms with Gasteiger partial charge in [-0.3, -0.25) is 0 Å². The number of phenols is 1. The number of nitrogens with two attached hydrogens (primary N) is 1. The molecule has 0 saturated heterocycles. The monoisotopic (exact) mass is 193 g/mol. The summed E-state index contributed by atoms with van der Waals surface area (Å²) in [4.78, 5) is 0. The molecule has 0 unspecified atom stereocenters. The quantitative estimate of drug-likeness (QED) is 0.705. The molecule has 2 rings (SSSR count). The van der Waals surface area contributed by atoms with Crippen molar-refractivity contribution in [1.29, 1.82) is 0 Å². The van der Waals surface area contributed by atoms with Crippen molar-refractivity contribution in [3.8, 4) is 11.5 Å². The second kappa shape index (κ2) is 3.50. The number of phenolic OH excluding ortho intramolecular Hbond substituents is 1. The minimum Gasteiger partial charge on any atom is -0.504 e. The average Bonchev–Trinajstić information content (AvgIpc) is 2.16. The third-order valence-electron chi connectivity index (χ3n) is 2.77. The van der Waals surface area contributed by atoms with Crippen LogP contribution in [0, 0.1) is 0 Å². The summed E-state index contributed by atoms with van der Waals surface area (Å²) < 4.78 is 5.06. The van der Waals surface area contributed by atoms with Crippen molar-refractivity contribution < 1.29 is 9.84 Å². The molecule has 0 saturated carbocycles. The van der Waals surface area contributed by atoms with E-state index < -0.39 is 0 Å². The van der Waals surface area contributed by atoms with E-state index >= 15 is 0 Å². The number of aryl methyl sites for hydroxylation is 1. The molecule has 0 bridgehead atoms. The van der Waals surface area contributed by atoms with Gasteiger partial charge in [0.1, 0.15) is 0 Å². The van der Waals surface area contributed by atoms with Crippen LogP contribution in [0.4, 0.5) is 0 Å². The van der Waals surface area contributed by atoms with Crippen molar-refractivity contribution in [3.63, 3.8) is 0 Å². The van der Waals surface area contributed by atoms with E-state index in [2.05, 4.69) is 0 Å². The fraction of sp³-hybridized carbons (Fsp3) is 0.455. The Bertz CT molecular complexity index is 349. The van der Waals surface area contributed by atoms with Crippen molar-refractivity contribution in [3.05, 3.63) is 23.3 Å². The van der Waals surface area contributed by atoms with Crippen LogP contribution in [-0.4, -0.2) is 18.3 Å². The van der Waals surface area contributed by atoms with E-state index in [-0.39, 0.29) is 11.8 Å². The van der Waals surface area contributed by atoms with Crippen molar-refractivity contribution in [2.45, 2.75) is 25.3 Å². The fourth-order valence-electron chi connectivity index (χ4n) is 1.97. The Balaban J connectivity index is 2.40. The van der Waals surface area contributed by atoms with Crippen LogP contribution in [0.25, 0.3) is 0 Å². The number of methoxy groups -OCH3 is 1. The highest BCUT2D eigenvalue weighted by molar-refractivity contribution is 5.47. The third-order valence-corrected chi connectivity index (χ3v) is 2.77. The maximum Gasteiger partial charge on any atom is 0.160 e. The van der Waals surface area contributed by atoms with Gasteiger partial charge in [0.25, 0.3) is 0 Å². The summed E-state index contributed by atoms with van der Waals surface area (Å²) in [5, 5.41) is 9.59. The molecule has 0 aromatic heterocycles. The number of benzene rings is 1. The Morgan fingerprint density at radius 2 is 2.21 bits per heavy atom. The molecule has 0 amide bonds. The number of aromatic hydroxyl groups is 1. The van der Waals surface area contributed by atoms with Gasteiger partial charge in [0.2, 0.25) is 0 Å². The molecule has 0 radical (unpaired) electrons. The summed E-state index contributed by atoms with van der Waals surface area (Å²) in [6.45, 7) is 0. The normalized spacial score (nSPS) is 20.3. The maximum atomic E-state index is 9.59. The lowest BCUT2D eigenvalue weighted by Gasteiger charge is -2.22. The zero-order valence-corrected chi connectivity index (χ0v) is 8.29. The molecule has 76 valence electrons. The second-order valence-electron chi connectivity index (χ2n) is 3.80. The van der Waals surface area contributed by atoms with Crippen LogP contribution in [0.1, 0.15) is 17.5 Å². The smallest absolute Gasteiger partial charge is 0.160 e. The molecular formula is C11H15NO2. The number of rotatable bonds is 1. The lowest BCUT2D eigenvalue weighted by Crippen LogP contribution is -2.27. The van der Waals surface area contributed by atoms with Crippen molar-refractivity contribution in [2.24, 2.45) is 5.73 Å². The summed E-state index contributed by atoms with van der Waals surface area (Å²) in [7, 11) is 1.57. The van der Waals surface area contributed by atoms with Gasteiger partial charge in [0, 0.05) is 6.04 Å². The fourth-order valence-corrected chi connectivity index (χ4v) is 1.97. The van der Waals surface area contributed by atoms with Gasteiger partial charge in [-0.25, -0.2) is 0 Å². The summed E-state index contributed by atoms with van der Waals surface area (Å²) in [5.41, 5.74) is 8.26. The first-order chi connectivity index (χ1) is 6.70. The molecule has 1 aromatic rings. The predicted octanol–water partition coefficient (Wildman–Crippen LogP) is 1.22. The van der Waals surface area contributed by atoms with Crippen LogP contribution < -0.4 is 10.5 Å². The highest BCUT2D eigenvalue weighted by Crippen LogP contribution is 2.32. The van der Waals surface area contributed by atoms with Gasteiger partial charge >= 0.3 is 0 Å². The Morgan fingerprint density at radius 1 is 1.43 bits per heavy atom. The van der Waals surface area contributed by atoms with Crippen molar-refractivity contribution >= 4 is 0 Å². The van der Waals surface area contributed by atoms with Gasteiger partial charge in [-0.15, -0.1) is 0 Å². The van der Waals surface area contributed by atoms with E-state index in [1.54, 1.807) is 13.2 Å². The van der Waals surface area contributed by atoms with E-state index in [9.17, 15) is 5.11 Å². The van der Waals surface area contributed by atoms with Gasteiger partial charge < -0.3 is 15.6 Å². The molecule has 1 atom stereocenters. The molecule has 3 heteroatoms. The first kappa shape index (κ1) is 9.34. The van der Waals surface area contributed by atoms with Gasteiger partial charge in [0.15, 0.2) is 11.5 Å². The first-order valence-corrected chi connectivity index (χ1v) is 4.85. The molecule has 3 nitrogen and oxygen atoms in total. The Morgan fingerprint density at radius 3 is 2.93 bits per heavy atom. The summed E-state index contributed by atoms with van der Waals surface area (Å²) in [6, 6.07) is 3.92. The lowest BCUT2D eigenvalue weighted by atomic mass is 9.88. The average molecular weight is 193 g/mol. The first-order valence-electron chi connectivity index (χ1n) is 4.85. The van der Waals surface area contributed by atoms with Crippen molar-refractivity contribution in [1.82, 2.24) is 0 Å². The molecule has 0 spiro atoms. The minimum atomic E-state index is 0.209. The van der Waals surface area contributed by atoms with Gasteiger partial charge in [-0.05, 0) is 42.5 Å². The van der Waals surface area contributed by atoms with Crippen LogP contribution in [0.2, 0.25) is 0 Å². The SMILES string of the molecule is COc1cc2c(cc1O)C[C@@H](N)CC2. The molecule has 1 aromatic carbocycles. The number of hydrogen-bond acceptors (Lipinski definition) is 3. The van der Waals surface area contributed by atoms with E-state index in [1.807, 2.05) is 6.07 Å². The highest BCUT2D eigenvalue weighted by atomic mass is 16.5. The zero-order valence-electron chi connectivity index (χ0n) is 8.29. The van der Waals surface area contributed by atoms with Crippen LogP contribution >= 0.6 is 0 Å². The third kappa shape index (κ3) is 1.55. The van der Waals surface area contributed by atoms with Crippen LogP contribution in [0.5, 0.6) is 11.5 Å². The molecular weight excluding hydrogens is 178 g/mol. The molecule has 14 heavy (non-hydrogen) atoms. The zero-order chi connectivity index (χ0) is 10.1. The summed E-state index contributed by atoms with van der Waals surface area (Å²) in [5.74, 6) is 0.763. The largest absolute Gasteiger partial charge is 0.504 e. The molecule has 3 N–H and O–H groups in total. The van der Waals surface area contributed by atoms with Gasteiger partial charge in [-0.2, -0.15) is 0 Å². The number of hydrogen-bond donors (Lipinski definition) is 2. The lowest BCUT2D eigenvalue weighted by molar-refractivity contribution is 0.371. The predicted molar refractivity (Wildman–Crippen MR) is 54.7 cm³/mol. The highest BCUT2D eigenvalue weighted by Gasteiger charge is 2.17. The van der Waals surface area contributed by atoms with Gasteiger partial charge in [-0.1, -0.05) is 0 Å². The maximum absolute atomic E-state index is 9.59. The molecule has 0 fully saturated rings. The standard InChI is InChI=1S/C11H15NO2/c1-14-11-6-7-2-3-9(12)4-8(7)5-10(11)13/h5-6,9,13H,2-4,12H2,1H3/t9-/m0/s1. The van der Waals surface area contributed by atoms with Crippen molar-refractivity contribution in [2.75, 3.05) is 7.11 Å². The minimum absolute atomic E-state index is 0.209. The molecule has 1 aliphatic rings. The van der Waals surface area contributed by atoms with Gasteiger partial charge in [0.05, 0.1) is 7.11 Å². The summed E-state index contributed by atoms with van der Waals surface area (Å²) >= 11 is 0. The Hall–Kier alpha value is -1.22. The van der Waals surface area contributed by atoms with Crippen LogP contribution in [-0.2, 0) is 12.8 Å². The number of ether oxygens (including phenoxy) is 1. The topological polar surface area (TPSA) is 55.5 Å². The van der Waals surface area contributed by atoms with E-state index in [0.717, 1.165) is 24.8 Å². The Labute approximate surface area is 83.5 Å². The Kier molecular flexibility index (Phi) is 2.33. The van der Waals surface area contributed by atoms with E-state index in [0.29, 0.717) is 5.75 Å². The second-order valence-corrected chi connectivity index (χ2v) is 3.80. The number of fused-ring (bicyclic) bond motifs is 1. The molecule has 0 aliphatic heterocycles. The molecule has 1 aliphatic carbocycles. The van der Waals surface area contributed by atoms with E-state index in [1.165, 1.54) is 5.56 Å². The van der Waals surface area contributed by atoms with E-state index in [4.69, 9.17) is 10.5 Å². The summed E-state index contributed by atoms with van der Waals surface area (Å²) in [6.07, 6.45) is 2.85. The molecule has 0 heterocycles. The van der Waals surface area contributed by atoms with Crippen LogP contribution in [0.3, 0.4) is 0 Å². The van der Waals surface area contributed by atoms with Crippen LogP contribution in [0.15, 0.2) is 12.1 Å².